The van der Waals surface area contributed by atoms with Gasteiger partial charge in [0.15, 0.2) is 16.6 Å². The Kier molecular flexibility index (Phi) is 8.48. The van der Waals surface area contributed by atoms with Crippen molar-refractivity contribution in [2.75, 3.05) is 13.1 Å². The van der Waals surface area contributed by atoms with Gasteiger partial charge in [-0.25, -0.2) is 0 Å². The van der Waals surface area contributed by atoms with E-state index in [0.717, 1.165) is 12.5 Å². The predicted molar refractivity (Wildman–Crippen MR) is 121 cm³/mol. The first-order chi connectivity index (χ1) is 12.4. The number of aliphatic carboxylic acids is 1. The quantitative estimate of drug-likeness (QED) is 0.467. The molecule has 28 heavy (non-hydrogen) atoms. The van der Waals surface area contributed by atoms with Crippen molar-refractivity contribution >= 4 is 45.6 Å². The maximum atomic E-state index is 12.1. The van der Waals surface area contributed by atoms with Gasteiger partial charge in [-0.2, -0.15) is 0 Å². The van der Waals surface area contributed by atoms with Crippen molar-refractivity contribution in [3.8, 4) is 0 Å². The molecule has 0 bridgehead atoms. The van der Waals surface area contributed by atoms with Crippen molar-refractivity contribution in [1.29, 1.82) is 0 Å². The third kappa shape index (κ3) is 9.46. The van der Waals surface area contributed by atoms with Crippen LogP contribution in [0.25, 0.3) is 0 Å². The van der Waals surface area contributed by atoms with Crippen molar-refractivity contribution in [3.63, 3.8) is 0 Å². The highest BCUT2D eigenvalue weighted by molar-refractivity contribution is 6.89. The molecule has 0 saturated carbocycles. The number of rotatable bonds is 11. The molecule has 0 aromatic carbocycles. The molecule has 1 rings (SSSR count). The SMILES string of the molecule is C[Si](C)(C)O[Si](C)(C)O[Si](C)(CCCN1CC(C(=O)O)CC1=O)O[Si](C)(C)C. The summed E-state index contributed by atoms with van der Waals surface area (Å²) in [5.41, 5.74) is 0. The summed E-state index contributed by atoms with van der Waals surface area (Å²) in [6.45, 7) is 20.1. The maximum Gasteiger partial charge on any atom is 0.315 e. The van der Waals surface area contributed by atoms with Crippen LogP contribution in [-0.4, -0.2) is 68.7 Å². The van der Waals surface area contributed by atoms with E-state index in [-0.39, 0.29) is 12.3 Å². The van der Waals surface area contributed by atoms with Crippen molar-refractivity contribution in [3.05, 3.63) is 0 Å². The van der Waals surface area contributed by atoms with Crippen molar-refractivity contribution in [2.45, 2.75) is 77.8 Å². The van der Waals surface area contributed by atoms with Gasteiger partial charge >= 0.3 is 23.1 Å². The topological polar surface area (TPSA) is 85.3 Å². The molecule has 11 heteroatoms. The van der Waals surface area contributed by atoms with Crippen LogP contribution < -0.4 is 0 Å². The molecule has 1 fully saturated rings. The summed E-state index contributed by atoms with van der Waals surface area (Å²) >= 11 is 0. The predicted octanol–water partition coefficient (Wildman–Crippen LogP) is 3.80. The highest BCUT2D eigenvalue weighted by Gasteiger charge is 2.44. The molecule has 7 nitrogen and oxygen atoms in total. The van der Waals surface area contributed by atoms with E-state index in [1.807, 2.05) is 0 Å². The number of hydrogen-bond acceptors (Lipinski definition) is 5. The Balaban J connectivity index is 2.76. The fraction of sp³-hybridized carbons (Fsp3) is 0.882. The number of carbonyl (C=O) groups is 2. The normalized spacial score (nSPS) is 21.1. The fourth-order valence-electron chi connectivity index (χ4n) is 3.79. The number of hydrogen-bond donors (Lipinski definition) is 1. The van der Waals surface area contributed by atoms with Crippen LogP contribution in [0, 0.1) is 5.92 Å². The number of carbonyl (C=O) groups excluding carboxylic acids is 1. The molecule has 0 aromatic rings. The van der Waals surface area contributed by atoms with E-state index in [1.54, 1.807) is 4.90 Å². The van der Waals surface area contributed by atoms with Gasteiger partial charge in [0.1, 0.15) is 0 Å². The fourth-order valence-corrected chi connectivity index (χ4v) is 21.7. The first-order valence-corrected chi connectivity index (χ1v) is 22.2. The summed E-state index contributed by atoms with van der Waals surface area (Å²) in [4.78, 5) is 24.9. The molecule has 0 aromatic heterocycles. The molecular weight excluding hydrogens is 427 g/mol. The zero-order valence-electron chi connectivity index (χ0n) is 19.0. The van der Waals surface area contributed by atoms with Crippen LogP contribution in [0.15, 0.2) is 0 Å². The van der Waals surface area contributed by atoms with E-state index in [1.165, 1.54) is 0 Å². The number of carboxylic acids is 1. The smallest absolute Gasteiger partial charge is 0.315 e. The molecule has 1 N–H and O–H groups in total. The largest absolute Gasteiger partial charge is 0.481 e. The van der Waals surface area contributed by atoms with Crippen LogP contribution in [0.5, 0.6) is 0 Å². The molecule has 1 aliphatic heterocycles. The molecule has 1 saturated heterocycles. The highest BCUT2D eigenvalue weighted by atomic mass is 28.5. The van der Waals surface area contributed by atoms with Gasteiger partial charge in [0.2, 0.25) is 5.91 Å². The van der Waals surface area contributed by atoms with E-state index in [4.69, 9.17) is 17.5 Å². The molecule has 164 valence electrons. The minimum Gasteiger partial charge on any atom is -0.481 e. The van der Waals surface area contributed by atoms with E-state index >= 15 is 0 Å². The second kappa shape index (κ2) is 9.23. The Morgan fingerprint density at radius 2 is 1.54 bits per heavy atom. The van der Waals surface area contributed by atoms with Gasteiger partial charge in [-0.05, 0) is 71.4 Å². The number of carboxylic acid groups (broad SMARTS) is 1. The molecule has 0 radical (unpaired) electrons. The monoisotopic (exact) mass is 465 g/mol. The van der Waals surface area contributed by atoms with Crippen LogP contribution in [0.4, 0.5) is 0 Å². The first kappa shape index (κ1) is 25.7. The van der Waals surface area contributed by atoms with Gasteiger partial charge < -0.3 is 22.4 Å². The van der Waals surface area contributed by atoms with Crippen LogP contribution >= 0.6 is 0 Å². The summed E-state index contributed by atoms with van der Waals surface area (Å²) in [6.07, 6.45) is 0.860. The zero-order valence-corrected chi connectivity index (χ0v) is 23.0. The third-order valence-corrected chi connectivity index (χ3v) is 17.7. The van der Waals surface area contributed by atoms with Gasteiger partial charge in [-0.3, -0.25) is 9.59 Å². The van der Waals surface area contributed by atoms with Gasteiger partial charge in [0, 0.05) is 19.5 Å². The van der Waals surface area contributed by atoms with Gasteiger partial charge in [0.25, 0.3) is 0 Å². The average Bonchev–Trinajstić information content (AvgIpc) is 2.74. The van der Waals surface area contributed by atoms with Crippen LogP contribution in [-0.2, 0) is 21.9 Å². The minimum absolute atomic E-state index is 0.0698. The standard InChI is InChI=1S/C17H39NO6Si4/c1-25(2,3)22-27(7,8)24-28(9,23-26(4,5)6)12-10-11-18-14-15(17(20)21)13-16(18)19/h15H,10-14H2,1-9H3,(H,20,21). The Labute approximate surface area is 174 Å². The Bertz CT molecular complexity index is 575. The summed E-state index contributed by atoms with van der Waals surface area (Å²) in [5, 5.41) is 9.14. The summed E-state index contributed by atoms with van der Waals surface area (Å²) in [5.74, 6) is -1.54. The third-order valence-electron chi connectivity index (χ3n) is 4.16. The van der Waals surface area contributed by atoms with Crippen molar-refractivity contribution < 1.29 is 27.0 Å². The number of nitrogens with zero attached hydrogens (tertiary/aromatic N) is 1. The van der Waals surface area contributed by atoms with Gasteiger partial charge in [-0.15, -0.1) is 0 Å². The second-order valence-electron chi connectivity index (χ2n) is 10.2. The second-order valence-corrected chi connectivity index (χ2v) is 26.7. The van der Waals surface area contributed by atoms with Crippen LogP contribution in [0.3, 0.4) is 0 Å². The molecule has 1 amide bonds. The van der Waals surface area contributed by atoms with Gasteiger partial charge in [0.05, 0.1) is 5.92 Å². The lowest BCUT2D eigenvalue weighted by Gasteiger charge is -2.41. The lowest BCUT2D eigenvalue weighted by Crippen LogP contribution is -2.57. The molecule has 2 unspecified atom stereocenters. The lowest BCUT2D eigenvalue weighted by molar-refractivity contribution is -0.141. The Morgan fingerprint density at radius 1 is 1.00 bits per heavy atom. The molecule has 0 spiro atoms. The highest BCUT2D eigenvalue weighted by Crippen LogP contribution is 2.28. The van der Waals surface area contributed by atoms with Crippen molar-refractivity contribution in [1.82, 2.24) is 4.90 Å². The molecule has 1 aliphatic rings. The molecule has 0 aliphatic carbocycles. The Morgan fingerprint density at radius 3 is 1.96 bits per heavy atom. The molecule has 1 heterocycles. The van der Waals surface area contributed by atoms with E-state index in [0.29, 0.717) is 13.1 Å². The van der Waals surface area contributed by atoms with E-state index in [2.05, 4.69) is 58.9 Å². The summed E-state index contributed by atoms with van der Waals surface area (Å²) in [7, 11) is -8.36. The number of amides is 1. The molecular formula is C17H39NO6Si4. The Hall–Kier alpha value is -0.312. The van der Waals surface area contributed by atoms with Gasteiger partial charge in [-0.1, -0.05) is 0 Å². The summed E-state index contributed by atoms with van der Waals surface area (Å²) in [6, 6.07) is 0.768. The first-order valence-electron chi connectivity index (χ1n) is 10.0. The van der Waals surface area contributed by atoms with E-state index < -0.39 is 45.6 Å². The summed E-state index contributed by atoms with van der Waals surface area (Å²) < 4.78 is 19.6. The van der Waals surface area contributed by atoms with Crippen LogP contribution in [0.1, 0.15) is 12.8 Å². The average molecular weight is 466 g/mol. The van der Waals surface area contributed by atoms with Crippen LogP contribution in [0.2, 0.25) is 65.0 Å². The molecule has 2 atom stereocenters. The minimum atomic E-state index is -2.49. The number of likely N-dealkylation sites (tertiary alicyclic amines) is 1. The van der Waals surface area contributed by atoms with Crippen molar-refractivity contribution in [2.24, 2.45) is 5.92 Å². The lowest BCUT2D eigenvalue weighted by atomic mass is 10.1. The maximum absolute atomic E-state index is 12.1. The zero-order chi connectivity index (χ0) is 22.0. The van der Waals surface area contributed by atoms with E-state index in [9.17, 15) is 9.59 Å².